The van der Waals surface area contributed by atoms with E-state index in [9.17, 15) is 112 Å². The molecule has 0 spiro atoms. The normalized spacial score (nSPS) is 19.6. The molecule has 1 fully saturated rings. The molecule has 55 nitrogen and oxygen atoms in total. The van der Waals surface area contributed by atoms with Gasteiger partial charge < -0.3 is 130 Å². The van der Waals surface area contributed by atoms with Crippen LogP contribution in [0.25, 0.3) is 11.2 Å². The molecular formula is C82H119N29O26. The Labute approximate surface area is 782 Å². The lowest BCUT2D eigenvalue weighted by Gasteiger charge is -2.32. The standard InChI is InChI=1S/C82H119N29O26/c1-47-72(124)97-56(74(126)88-16-26-135-27-28-136-29-30-137-44-64(116)95-55(70(83)123)7-3-5-15-87-63(115)39-107-18-20-108(40-65(117)118)22-24-110(42-67(121)122)25-23-109(21-19-107)41-66(119)120)8-4-6-17-111-38-53(105-106-111)33-58(96-62(114)14-13-57(81(133)134)98-73(125)49-9-11-50(12-10-49)89-36-54-37-90-71-69(94-54)80(132)104-82(84)103-71)75(127)99-59(31-51-34-85-45-91-51)76(128)101-61(43-112)78(130)100-60(32-52-35-86-46-92-52)77(129)102-68(48(2)113)79(131)93-47/h9-12,34-35,37-38,45-48,55-61,68,89,112-113H,3-8,13-33,36,39-44H2,1-2H3,(H2,83,123)(H,85,91)(H,86,92)(H,87,115)(H,88,126)(H,93,131)(H,95,116)(H,96,114)(H,97,124)(H,98,125)(H,99,127)(H,100,130)(H,101,128)(H,102,129)(H,117,118)(H,119,120)(H,121,122)(H,133,134)(H3,84,90,103,104,132)/t47-,48+,55+,56+,57-,58?,59-,60-,61-,68-/m0/s1. The molecule has 1 aromatic carbocycles. The van der Waals surface area contributed by atoms with Gasteiger partial charge in [-0.05, 0) is 83.1 Å². The summed E-state index contributed by atoms with van der Waals surface area (Å²) < 4.78 is 18.0. The topological polar surface area (TPSA) is 791 Å². The van der Waals surface area contributed by atoms with Crippen LogP contribution in [0.5, 0.6) is 0 Å². The van der Waals surface area contributed by atoms with Crippen LogP contribution in [0.3, 0.4) is 0 Å². The van der Waals surface area contributed by atoms with Crippen molar-refractivity contribution < 1.29 is 122 Å². The first-order valence-corrected chi connectivity index (χ1v) is 44.1. The highest BCUT2D eigenvalue weighted by Gasteiger charge is 2.37. The number of aliphatic carboxylic acids is 4. The summed E-state index contributed by atoms with van der Waals surface area (Å²) in [5.74, 6) is -15.6. The number of nitrogens with zero attached hydrogens (tertiary/aromatic N) is 12. The number of nitrogen functional groups attached to an aromatic ring is 1. The number of carbonyl (C=O) groups excluding carboxylic acids is 12. The zero-order chi connectivity index (χ0) is 99.5. The van der Waals surface area contributed by atoms with Gasteiger partial charge in [-0.15, -0.1) is 5.10 Å². The Hall–Kier alpha value is -14.2. The van der Waals surface area contributed by atoms with E-state index in [4.69, 9.17) is 25.7 Å². The zero-order valence-electron chi connectivity index (χ0n) is 75.5. The number of unbranched alkanes of at least 4 members (excludes halogenated alkanes) is 1. The first-order chi connectivity index (χ1) is 65.5. The van der Waals surface area contributed by atoms with Crippen molar-refractivity contribution in [2.24, 2.45) is 5.73 Å². The number of hydrogen-bond donors (Lipinski definition) is 23. The van der Waals surface area contributed by atoms with E-state index in [1.807, 2.05) is 0 Å². The number of aliphatic hydroxyl groups is 2. The number of H-pyrrole nitrogens is 3. The molecular weight excluding hydrogens is 1810 g/mol. The molecule has 7 heterocycles. The number of imidazole rings is 2. The van der Waals surface area contributed by atoms with E-state index in [1.54, 1.807) is 19.6 Å². The Balaban J connectivity index is 0.845. The maximum atomic E-state index is 14.8. The molecule has 2 bridgehead atoms. The maximum absolute atomic E-state index is 14.8. The quantitative estimate of drug-likeness (QED) is 0.0158. The number of fused-ring (bicyclic) bond motifs is 3. The summed E-state index contributed by atoms with van der Waals surface area (Å²) in [5.41, 5.74) is 12.1. The van der Waals surface area contributed by atoms with Gasteiger partial charge >= 0.3 is 23.9 Å². The number of primary amides is 1. The highest BCUT2D eigenvalue weighted by atomic mass is 16.5. The molecule has 55 heteroatoms. The number of anilines is 2. The highest BCUT2D eigenvalue weighted by Crippen LogP contribution is 2.16. The van der Waals surface area contributed by atoms with Crippen LogP contribution in [-0.4, -0.2) is 398 Å². The monoisotopic (exact) mass is 1930 g/mol. The van der Waals surface area contributed by atoms with Crippen molar-refractivity contribution in [1.29, 1.82) is 0 Å². The highest BCUT2D eigenvalue weighted by molar-refractivity contribution is 5.99. The van der Waals surface area contributed by atoms with E-state index in [0.717, 1.165) is 6.92 Å². The number of carboxylic acids is 4. The molecule has 8 rings (SSSR count). The molecule has 6 aromatic rings. The SMILES string of the molecule is C[C@@H]1NC(=O)[C@H]([C@@H](C)O)NC(=O)[C@H](Cc2cnc[nH]2)NC(=O)[C@H](CO)NC(=O)[C@H](Cc2cnc[nH]2)NC(=O)C(NC(=O)CC[C@H](NC(=O)c2ccc(NCc3cnc4nc(N)[nH]c(=O)c4n3)cc2)C(=O)O)Cc2cn(nn2)CCCC[C@H](C(=O)NCCOCCOCCOCC(=O)N[C@H](CCCCNC(=O)CN2CCN(CC(=O)O)CCN(CC(=O)O)CCN(CC(=O)O)CC2)C(N)=O)NC1=O. The van der Waals surface area contributed by atoms with Crippen molar-refractivity contribution in [2.75, 3.05) is 149 Å². The fourth-order valence-electron chi connectivity index (χ4n) is 14.1. The summed E-state index contributed by atoms with van der Waals surface area (Å²) in [7, 11) is 0. The Morgan fingerprint density at radius 1 is 0.591 bits per heavy atom. The predicted octanol–water partition coefficient (Wildman–Crippen LogP) is -9.50. The molecule has 2 aliphatic rings. The van der Waals surface area contributed by atoms with Crippen molar-refractivity contribution in [3.05, 3.63) is 100 Å². The average molecular weight is 1930 g/mol. The number of nitrogens with one attached hydrogen (secondary N) is 15. The van der Waals surface area contributed by atoms with Crippen LogP contribution in [0.2, 0.25) is 0 Å². The number of ether oxygens (including phenoxy) is 3. The minimum atomic E-state index is -1.88. The van der Waals surface area contributed by atoms with Gasteiger partial charge in [-0.25, -0.2) is 24.7 Å². The average Bonchev–Trinajstić information content (AvgIpc) is 1.82. The molecule has 10 atom stereocenters. The number of rotatable bonds is 43. The fraction of sp³-hybridized carbons (Fsp3) is 0.561. The first kappa shape index (κ1) is 108. The summed E-state index contributed by atoms with van der Waals surface area (Å²) >= 11 is 0. The maximum Gasteiger partial charge on any atom is 0.326 e. The van der Waals surface area contributed by atoms with Gasteiger partial charge in [-0.2, -0.15) is 4.98 Å². The molecule has 1 unspecified atom stereocenters. The van der Waals surface area contributed by atoms with Crippen LogP contribution in [0.1, 0.15) is 98.3 Å². The number of aliphatic hydroxyl groups excluding tert-OH is 2. The third kappa shape index (κ3) is 38.6. The molecule has 12 amide bonds. The lowest BCUT2D eigenvalue weighted by atomic mass is 10.1. The fourth-order valence-corrected chi connectivity index (χ4v) is 14.1. The Morgan fingerprint density at radius 3 is 1.74 bits per heavy atom. The van der Waals surface area contributed by atoms with Gasteiger partial charge in [-0.3, -0.25) is 106 Å². The number of aryl methyl sites for hydroxylation is 1. The Morgan fingerprint density at radius 2 is 1.17 bits per heavy atom. The number of carboxylic acid groups (broad SMARTS) is 4. The summed E-state index contributed by atoms with van der Waals surface area (Å²) in [6.07, 6.45) is 5.20. The summed E-state index contributed by atoms with van der Waals surface area (Å²) in [6, 6.07) is -8.36. The lowest BCUT2D eigenvalue weighted by Crippen LogP contribution is -2.62. The molecule has 137 heavy (non-hydrogen) atoms. The van der Waals surface area contributed by atoms with Crippen molar-refractivity contribution >= 4 is 118 Å². The number of amides is 12. The minimum Gasteiger partial charge on any atom is -0.480 e. The second kappa shape index (κ2) is 56.2. The van der Waals surface area contributed by atoms with Crippen molar-refractivity contribution in [1.82, 2.24) is 133 Å². The van der Waals surface area contributed by atoms with Gasteiger partial charge in [0.25, 0.3) is 11.5 Å². The van der Waals surface area contributed by atoms with Gasteiger partial charge in [0.05, 0.1) is 109 Å². The number of aromatic nitrogens is 11. The van der Waals surface area contributed by atoms with E-state index in [1.165, 1.54) is 73.3 Å². The molecule has 2 aliphatic heterocycles. The summed E-state index contributed by atoms with van der Waals surface area (Å²) in [4.78, 5) is 261. The van der Waals surface area contributed by atoms with E-state index in [0.29, 0.717) is 24.2 Å². The molecule has 0 saturated carbocycles. The van der Waals surface area contributed by atoms with Gasteiger partial charge in [-0.1, -0.05) is 5.21 Å². The van der Waals surface area contributed by atoms with Crippen LogP contribution in [0.15, 0.2) is 66.5 Å². The second-order valence-corrected chi connectivity index (χ2v) is 32.3. The van der Waals surface area contributed by atoms with Crippen LogP contribution in [0.4, 0.5) is 11.6 Å². The Kier molecular flexibility index (Phi) is 44.3. The number of nitrogens with two attached hydrogens (primary N) is 2. The summed E-state index contributed by atoms with van der Waals surface area (Å²) in [5, 5.41) is 99.8. The molecule has 0 radical (unpaired) electrons. The number of benzene rings is 1. The van der Waals surface area contributed by atoms with Gasteiger partial charge in [0, 0.05) is 139 Å². The van der Waals surface area contributed by atoms with Crippen molar-refractivity contribution in [2.45, 2.75) is 158 Å². The third-order valence-electron chi connectivity index (χ3n) is 21.5. The number of hydrogen-bond acceptors (Lipinski definition) is 35. The Bertz CT molecular complexity index is 5050. The zero-order valence-corrected chi connectivity index (χ0v) is 75.5. The van der Waals surface area contributed by atoms with E-state index < -0.39 is 187 Å². The van der Waals surface area contributed by atoms with E-state index >= 15 is 0 Å². The summed E-state index contributed by atoms with van der Waals surface area (Å²) in [6.45, 7) is 1.71. The molecule has 1 saturated heterocycles. The second-order valence-electron chi connectivity index (χ2n) is 32.3. The predicted molar refractivity (Wildman–Crippen MR) is 476 cm³/mol. The number of aromatic amines is 3. The molecule has 0 aliphatic carbocycles. The van der Waals surface area contributed by atoms with Crippen LogP contribution in [0, 0.1) is 0 Å². The van der Waals surface area contributed by atoms with E-state index in [2.05, 4.69) is 114 Å². The van der Waals surface area contributed by atoms with Gasteiger partial charge in [0.2, 0.25) is 70.9 Å². The minimum absolute atomic E-state index is 0.00152. The van der Waals surface area contributed by atoms with Crippen LogP contribution in [-0.2, 0) is 118 Å². The first-order valence-electron chi connectivity index (χ1n) is 44.1. The molecule has 748 valence electrons. The van der Waals surface area contributed by atoms with Crippen molar-refractivity contribution in [3.8, 4) is 0 Å². The largest absolute Gasteiger partial charge is 0.480 e. The van der Waals surface area contributed by atoms with Crippen LogP contribution < -0.4 is 80.8 Å². The third-order valence-corrected chi connectivity index (χ3v) is 21.5. The molecule has 25 N–H and O–H groups in total. The lowest BCUT2D eigenvalue weighted by molar-refractivity contribution is -0.140. The number of carbonyl (C=O) groups is 16. The van der Waals surface area contributed by atoms with Gasteiger partial charge in [0.1, 0.15) is 61.0 Å². The van der Waals surface area contributed by atoms with Gasteiger partial charge in [0.15, 0.2) is 11.2 Å². The van der Waals surface area contributed by atoms with Crippen molar-refractivity contribution in [3.63, 3.8) is 0 Å². The molecule has 5 aromatic heterocycles. The smallest absolute Gasteiger partial charge is 0.326 e. The van der Waals surface area contributed by atoms with E-state index in [-0.39, 0.29) is 222 Å². The van der Waals surface area contributed by atoms with Crippen LogP contribution >= 0.6 is 0 Å².